The highest BCUT2D eigenvalue weighted by atomic mass is 32.2. The summed E-state index contributed by atoms with van der Waals surface area (Å²) in [5, 5.41) is 9.15. The van der Waals surface area contributed by atoms with E-state index in [1.165, 1.54) is 11.8 Å². The molecule has 2 heterocycles. The van der Waals surface area contributed by atoms with Crippen molar-refractivity contribution in [2.24, 2.45) is 0 Å². The minimum Gasteiger partial charge on any atom is -0.465 e. The van der Waals surface area contributed by atoms with E-state index >= 15 is 0 Å². The molecular weight excluding hydrogens is 412 g/mol. The fourth-order valence-corrected chi connectivity index (χ4v) is 4.50. The first-order valence-corrected chi connectivity index (χ1v) is 11.3. The lowest BCUT2D eigenvalue weighted by molar-refractivity contribution is -0.142. The number of morpholine rings is 1. The Morgan fingerprint density at radius 2 is 1.74 bits per heavy atom. The van der Waals surface area contributed by atoms with Gasteiger partial charge in [-0.1, -0.05) is 72.4 Å². The maximum absolute atomic E-state index is 12.8. The van der Waals surface area contributed by atoms with Crippen LogP contribution in [0.1, 0.15) is 23.3 Å². The van der Waals surface area contributed by atoms with Crippen LogP contribution < -0.4 is 4.90 Å². The van der Waals surface area contributed by atoms with Gasteiger partial charge in [0.1, 0.15) is 5.25 Å². The van der Waals surface area contributed by atoms with Crippen LogP contribution in [0.5, 0.6) is 0 Å². The van der Waals surface area contributed by atoms with Crippen molar-refractivity contribution >= 4 is 23.7 Å². The Labute approximate surface area is 186 Å². The second-order valence-electron chi connectivity index (χ2n) is 7.11. The number of carbonyl (C=O) groups excluding carboxylic acids is 1. The molecule has 1 unspecified atom stereocenters. The molecule has 0 spiro atoms. The van der Waals surface area contributed by atoms with E-state index in [0.29, 0.717) is 31.5 Å². The van der Waals surface area contributed by atoms with Crippen LogP contribution in [-0.2, 0) is 20.8 Å². The second kappa shape index (κ2) is 10.5. The molecule has 3 aromatic rings. The minimum absolute atomic E-state index is 0.277. The molecule has 1 atom stereocenters. The van der Waals surface area contributed by atoms with Crippen molar-refractivity contribution in [1.29, 1.82) is 0 Å². The van der Waals surface area contributed by atoms with Gasteiger partial charge in [-0.25, -0.2) is 0 Å². The van der Waals surface area contributed by atoms with Crippen molar-refractivity contribution in [1.82, 2.24) is 14.8 Å². The van der Waals surface area contributed by atoms with Crippen LogP contribution in [-0.4, -0.2) is 53.6 Å². The smallest absolute Gasteiger partial charge is 0.324 e. The molecule has 1 fully saturated rings. The molecule has 1 aliphatic rings. The Morgan fingerprint density at radius 3 is 2.42 bits per heavy atom. The molecule has 0 saturated carbocycles. The highest BCUT2D eigenvalue weighted by Crippen LogP contribution is 2.37. The maximum atomic E-state index is 12.8. The van der Waals surface area contributed by atoms with E-state index in [-0.39, 0.29) is 5.97 Å². The lowest BCUT2D eigenvalue weighted by Crippen LogP contribution is -2.38. The van der Waals surface area contributed by atoms with E-state index in [0.717, 1.165) is 30.2 Å². The molecule has 8 heteroatoms. The van der Waals surface area contributed by atoms with Gasteiger partial charge < -0.3 is 14.4 Å². The number of nitrogens with zero attached hydrogens (tertiary/aromatic N) is 4. The summed E-state index contributed by atoms with van der Waals surface area (Å²) in [6.07, 6.45) is 0. The van der Waals surface area contributed by atoms with Gasteiger partial charge in [0.25, 0.3) is 0 Å². The summed E-state index contributed by atoms with van der Waals surface area (Å²) in [5.41, 5.74) is 2.03. The number of esters is 1. The van der Waals surface area contributed by atoms with E-state index in [4.69, 9.17) is 9.47 Å². The van der Waals surface area contributed by atoms with Gasteiger partial charge in [-0.15, -0.1) is 10.2 Å². The van der Waals surface area contributed by atoms with Gasteiger partial charge in [-0.2, -0.15) is 0 Å². The van der Waals surface area contributed by atoms with Crippen LogP contribution in [0.15, 0.2) is 65.8 Å². The molecule has 0 amide bonds. The first-order valence-electron chi connectivity index (χ1n) is 10.4. The third kappa shape index (κ3) is 5.26. The monoisotopic (exact) mass is 438 g/mol. The largest absolute Gasteiger partial charge is 0.465 e. The van der Waals surface area contributed by atoms with Crippen LogP contribution in [0.4, 0.5) is 5.95 Å². The SMILES string of the molecule is CCOC(=O)C(Sc1nnc(N2CCOCC2)n1Cc1ccccc1)c1ccccc1. The van der Waals surface area contributed by atoms with E-state index < -0.39 is 5.25 Å². The number of hydrogen-bond acceptors (Lipinski definition) is 7. The van der Waals surface area contributed by atoms with Gasteiger partial charge in [-0.3, -0.25) is 9.36 Å². The third-order valence-electron chi connectivity index (χ3n) is 5.00. The van der Waals surface area contributed by atoms with E-state index in [2.05, 4.69) is 31.8 Å². The highest BCUT2D eigenvalue weighted by Gasteiger charge is 2.28. The van der Waals surface area contributed by atoms with Crippen LogP contribution in [0.3, 0.4) is 0 Å². The van der Waals surface area contributed by atoms with Gasteiger partial charge in [-0.05, 0) is 18.1 Å². The van der Waals surface area contributed by atoms with E-state index in [1.807, 2.05) is 55.5 Å². The highest BCUT2D eigenvalue weighted by molar-refractivity contribution is 8.00. The van der Waals surface area contributed by atoms with Gasteiger partial charge in [0, 0.05) is 13.1 Å². The normalized spacial score (nSPS) is 14.9. The van der Waals surface area contributed by atoms with Crippen LogP contribution in [0, 0.1) is 0 Å². The topological polar surface area (TPSA) is 69.5 Å². The van der Waals surface area contributed by atoms with Crippen molar-refractivity contribution in [2.75, 3.05) is 37.8 Å². The van der Waals surface area contributed by atoms with Crippen molar-refractivity contribution in [3.8, 4) is 0 Å². The number of benzene rings is 2. The molecule has 0 radical (unpaired) electrons. The van der Waals surface area contributed by atoms with Crippen LogP contribution in [0.2, 0.25) is 0 Å². The molecule has 7 nitrogen and oxygen atoms in total. The van der Waals surface area contributed by atoms with Crippen molar-refractivity contribution < 1.29 is 14.3 Å². The molecule has 162 valence electrons. The number of aromatic nitrogens is 3. The predicted molar refractivity (Wildman–Crippen MR) is 120 cm³/mol. The zero-order valence-corrected chi connectivity index (χ0v) is 18.3. The first kappa shape index (κ1) is 21.4. The number of ether oxygens (including phenoxy) is 2. The lowest BCUT2D eigenvalue weighted by Gasteiger charge is -2.28. The number of anilines is 1. The third-order valence-corrected chi connectivity index (χ3v) is 6.21. The Hall–Kier alpha value is -2.84. The Kier molecular flexibility index (Phi) is 7.22. The Bertz CT molecular complexity index is 975. The van der Waals surface area contributed by atoms with Gasteiger partial charge >= 0.3 is 5.97 Å². The average Bonchev–Trinajstić information content (AvgIpc) is 3.21. The number of hydrogen-bond donors (Lipinski definition) is 0. The van der Waals surface area contributed by atoms with E-state index in [9.17, 15) is 4.79 Å². The van der Waals surface area contributed by atoms with Crippen LogP contribution in [0.25, 0.3) is 0 Å². The quantitative estimate of drug-likeness (QED) is 0.393. The van der Waals surface area contributed by atoms with Crippen molar-refractivity contribution in [3.05, 3.63) is 71.8 Å². The molecule has 31 heavy (non-hydrogen) atoms. The molecule has 1 saturated heterocycles. The molecule has 1 aromatic heterocycles. The molecule has 0 aliphatic carbocycles. The first-order chi connectivity index (χ1) is 15.3. The summed E-state index contributed by atoms with van der Waals surface area (Å²) in [7, 11) is 0. The summed E-state index contributed by atoms with van der Waals surface area (Å²) < 4.78 is 13.0. The number of rotatable bonds is 8. The van der Waals surface area contributed by atoms with Crippen LogP contribution >= 0.6 is 11.8 Å². The molecule has 2 aromatic carbocycles. The van der Waals surface area contributed by atoms with E-state index in [1.54, 1.807) is 0 Å². The van der Waals surface area contributed by atoms with Gasteiger partial charge in [0.2, 0.25) is 5.95 Å². The van der Waals surface area contributed by atoms with Crippen molar-refractivity contribution in [2.45, 2.75) is 23.9 Å². The summed E-state index contributed by atoms with van der Waals surface area (Å²) in [6, 6.07) is 19.9. The number of carbonyl (C=O) groups is 1. The Morgan fingerprint density at radius 1 is 1.06 bits per heavy atom. The molecule has 0 bridgehead atoms. The molecule has 1 aliphatic heterocycles. The second-order valence-corrected chi connectivity index (χ2v) is 8.19. The van der Waals surface area contributed by atoms with Gasteiger partial charge in [0.05, 0.1) is 26.4 Å². The van der Waals surface area contributed by atoms with Gasteiger partial charge in [0.15, 0.2) is 5.16 Å². The predicted octanol–water partition coefficient (Wildman–Crippen LogP) is 3.56. The summed E-state index contributed by atoms with van der Waals surface area (Å²) in [5.74, 6) is 0.520. The summed E-state index contributed by atoms with van der Waals surface area (Å²) in [4.78, 5) is 15.0. The summed E-state index contributed by atoms with van der Waals surface area (Å²) >= 11 is 1.38. The lowest BCUT2D eigenvalue weighted by atomic mass is 10.1. The standard InChI is InChI=1S/C23H26N4O3S/c1-2-30-21(28)20(19-11-7-4-8-12-19)31-23-25-24-22(26-13-15-29-16-14-26)27(23)17-18-9-5-3-6-10-18/h3-12,20H,2,13-17H2,1H3. The fourth-order valence-electron chi connectivity index (χ4n) is 3.47. The molecular formula is C23H26N4O3S. The Balaban J connectivity index is 1.68. The van der Waals surface area contributed by atoms with Crippen molar-refractivity contribution in [3.63, 3.8) is 0 Å². The zero-order valence-electron chi connectivity index (χ0n) is 17.5. The fraction of sp³-hybridized carbons (Fsp3) is 0.348. The zero-order chi connectivity index (χ0) is 21.5. The molecule has 4 rings (SSSR count). The summed E-state index contributed by atoms with van der Waals surface area (Å²) in [6.45, 7) is 5.62. The maximum Gasteiger partial charge on any atom is 0.324 e. The minimum atomic E-state index is -0.516. The molecule has 0 N–H and O–H groups in total. The number of thioether (sulfide) groups is 1. The average molecular weight is 439 g/mol.